The van der Waals surface area contributed by atoms with E-state index in [0.717, 1.165) is 12.1 Å². The van der Waals surface area contributed by atoms with Crippen LogP contribution in [0, 0.1) is 0 Å². The molecule has 1 heterocycles. The highest BCUT2D eigenvalue weighted by Gasteiger charge is 2.54. The summed E-state index contributed by atoms with van der Waals surface area (Å²) in [5.74, 6) is -2.53. The van der Waals surface area contributed by atoms with Crippen molar-refractivity contribution in [3.8, 4) is 11.5 Å². The maximum absolute atomic E-state index is 13.0. The van der Waals surface area contributed by atoms with Crippen LogP contribution in [0.2, 0.25) is 0 Å². The van der Waals surface area contributed by atoms with Crippen molar-refractivity contribution in [3.05, 3.63) is 24.3 Å². The molecule has 1 aromatic carbocycles. The number of hydrogen-bond acceptors (Lipinski definition) is 6. The van der Waals surface area contributed by atoms with E-state index in [9.17, 15) is 22.0 Å². The predicted octanol–water partition coefficient (Wildman–Crippen LogP) is 0.850. The zero-order chi connectivity index (χ0) is 15.7. The Hall–Kier alpha value is -1.78. The Balaban J connectivity index is 2.04. The molecule has 0 radical (unpaired) electrons. The number of benzene rings is 1. The van der Waals surface area contributed by atoms with E-state index < -0.39 is 21.3 Å². The molecule has 1 N–H and O–H groups in total. The lowest BCUT2D eigenvalue weighted by atomic mass is 10.3. The molecule has 0 bridgehead atoms. The molecule has 1 aromatic rings. The highest BCUT2D eigenvalue weighted by molar-refractivity contribution is 7.87. The van der Waals surface area contributed by atoms with Gasteiger partial charge in [0, 0.05) is 6.07 Å². The van der Waals surface area contributed by atoms with Gasteiger partial charge in [0.15, 0.2) is 0 Å². The summed E-state index contributed by atoms with van der Waals surface area (Å²) in [5.41, 5.74) is 0. The van der Waals surface area contributed by atoms with Crippen LogP contribution < -0.4 is 9.47 Å². The van der Waals surface area contributed by atoms with E-state index in [4.69, 9.17) is 14.0 Å². The smallest absolute Gasteiger partial charge is 0.466 e. The number of carbonyl (C=O) groups excluding carboxylic acids is 1. The van der Waals surface area contributed by atoms with Crippen LogP contribution in [-0.4, -0.2) is 43.5 Å². The summed E-state index contributed by atoms with van der Waals surface area (Å²) in [6.45, 7) is 0.813. The first kappa shape index (κ1) is 15.6. The predicted molar refractivity (Wildman–Crippen MR) is 63.8 cm³/mol. The fourth-order valence-electron chi connectivity index (χ4n) is 1.25. The van der Waals surface area contributed by atoms with Crippen LogP contribution in [0.15, 0.2) is 24.3 Å². The molecule has 116 valence electrons. The topological polar surface area (TPSA) is 102 Å². The van der Waals surface area contributed by atoms with Crippen molar-refractivity contribution in [2.24, 2.45) is 0 Å². The van der Waals surface area contributed by atoms with Gasteiger partial charge in [-0.2, -0.15) is 17.2 Å². The lowest BCUT2D eigenvalue weighted by Crippen LogP contribution is -2.40. The Morgan fingerprint density at radius 3 is 2.62 bits per heavy atom. The summed E-state index contributed by atoms with van der Waals surface area (Å²) in [5, 5.41) is -5.05. The lowest BCUT2D eigenvalue weighted by Gasteiger charge is -2.12. The molecule has 1 aliphatic heterocycles. The average Bonchev–Trinajstić information content (AvgIpc) is 3.19. The molecule has 1 unspecified atom stereocenters. The van der Waals surface area contributed by atoms with Gasteiger partial charge < -0.3 is 14.2 Å². The molecular weight excluding hydrogens is 314 g/mol. The van der Waals surface area contributed by atoms with Crippen molar-refractivity contribution in [1.29, 1.82) is 0 Å². The number of epoxide rings is 1. The number of esters is 1. The first-order chi connectivity index (χ1) is 9.70. The molecule has 0 aromatic heterocycles. The fourth-order valence-corrected chi connectivity index (χ4v) is 1.50. The summed E-state index contributed by atoms with van der Waals surface area (Å²) >= 11 is 0. The Bertz CT molecular complexity index is 640. The van der Waals surface area contributed by atoms with Gasteiger partial charge >= 0.3 is 21.3 Å². The van der Waals surface area contributed by atoms with Crippen molar-refractivity contribution < 1.29 is 40.8 Å². The monoisotopic (exact) mass is 324 g/mol. The van der Waals surface area contributed by atoms with E-state index in [1.165, 1.54) is 12.1 Å². The van der Waals surface area contributed by atoms with Gasteiger partial charge in [0.05, 0.1) is 6.61 Å². The van der Waals surface area contributed by atoms with Crippen LogP contribution in [0.25, 0.3) is 0 Å². The van der Waals surface area contributed by atoms with Crippen molar-refractivity contribution in [2.45, 2.75) is 11.4 Å². The first-order valence-corrected chi connectivity index (χ1v) is 7.06. The van der Waals surface area contributed by atoms with Crippen LogP contribution >= 0.6 is 0 Å². The van der Waals surface area contributed by atoms with Crippen molar-refractivity contribution in [3.63, 3.8) is 0 Å². The van der Waals surface area contributed by atoms with Gasteiger partial charge in [0.2, 0.25) is 0 Å². The summed E-state index contributed by atoms with van der Waals surface area (Å²) < 4.78 is 69.5. The maximum atomic E-state index is 13.0. The Labute approximate surface area is 118 Å². The molecule has 1 aliphatic rings. The Morgan fingerprint density at radius 1 is 1.43 bits per heavy atom. The second-order valence-electron chi connectivity index (χ2n) is 4.12. The molecule has 0 spiro atoms. The van der Waals surface area contributed by atoms with E-state index in [-0.39, 0.29) is 24.2 Å². The molecule has 0 aliphatic carbocycles. The number of ether oxygens (including phenoxy) is 3. The minimum absolute atomic E-state index is 0.0277. The van der Waals surface area contributed by atoms with Crippen LogP contribution in [0.5, 0.6) is 11.5 Å². The summed E-state index contributed by atoms with van der Waals surface area (Å²) in [6.07, 6.45) is -0.0277. The zero-order valence-electron chi connectivity index (χ0n) is 10.4. The Kier molecular flexibility index (Phi) is 4.12. The number of hydrogen-bond donors (Lipinski definition) is 1. The molecule has 0 amide bonds. The molecule has 7 nitrogen and oxygen atoms in total. The standard InChI is InChI=1S/C11H10F2O7S/c12-11(13,21(15,16)17)10(14)20-8-3-1-2-7(4-8)18-5-9-6-19-9/h1-4,9H,5-6H2,(H,15,16,17). The summed E-state index contributed by atoms with van der Waals surface area (Å²) in [4.78, 5) is 11.1. The zero-order valence-corrected chi connectivity index (χ0v) is 11.2. The summed E-state index contributed by atoms with van der Waals surface area (Å²) in [7, 11) is -5.90. The molecule has 1 saturated heterocycles. The van der Waals surface area contributed by atoms with Crippen molar-refractivity contribution in [2.75, 3.05) is 13.2 Å². The Morgan fingerprint density at radius 2 is 2.05 bits per heavy atom. The SMILES string of the molecule is O=C(Oc1cccc(OCC2CO2)c1)C(F)(F)S(=O)(=O)O. The molecule has 1 atom stereocenters. The van der Waals surface area contributed by atoms with Gasteiger partial charge in [-0.05, 0) is 12.1 Å². The van der Waals surface area contributed by atoms with E-state index in [2.05, 4.69) is 4.74 Å². The van der Waals surface area contributed by atoms with Crippen LogP contribution in [0.1, 0.15) is 0 Å². The highest BCUT2D eigenvalue weighted by Crippen LogP contribution is 2.26. The van der Waals surface area contributed by atoms with Gasteiger partial charge in [-0.15, -0.1) is 0 Å². The van der Waals surface area contributed by atoms with E-state index in [1.807, 2.05) is 0 Å². The van der Waals surface area contributed by atoms with Crippen LogP contribution in [-0.2, 0) is 19.6 Å². The van der Waals surface area contributed by atoms with Crippen LogP contribution in [0.4, 0.5) is 8.78 Å². The van der Waals surface area contributed by atoms with Crippen LogP contribution in [0.3, 0.4) is 0 Å². The normalized spacial score (nSPS) is 18.1. The third kappa shape index (κ3) is 3.86. The second-order valence-corrected chi connectivity index (χ2v) is 5.59. The van der Waals surface area contributed by atoms with E-state index in [1.54, 1.807) is 0 Å². The molecule has 0 saturated carbocycles. The van der Waals surface area contributed by atoms with Gasteiger partial charge in [-0.3, -0.25) is 4.55 Å². The van der Waals surface area contributed by atoms with Gasteiger partial charge in [0.25, 0.3) is 0 Å². The van der Waals surface area contributed by atoms with Gasteiger partial charge in [-0.25, -0.2) is 4.79 Å². The third-order valence-corrected chi connectivity index (χ3v) is 3.23. The number of alkyl halides is 2. The fraction of sp³-hybridized carbons (Fsp3) is 0.364. The number of rotatable bonds is 6. The lowest BCUT2D eigenvalue weighted by molar-refractivity contribution is -0.151. The van der Waals surface area contributed by atoms with Crippen molar-refractivity contribution >= 4 is 16.1 Å². The van der Waals surface area contributed by atoms with E-state index >= 15 is 0 Å². The molecule has 2 rings (SSSR count). The van der Waals surface area contributed by atoms with E-state index in [0.29, 0.717) is 6.61 Å². The molecular formula is C11H10F2O7S. The number of carbonyl (C=O) groups is 1. The third-order valence-electron chi connectivity index (χ3n) is 2.42. The minimum Gasteiger partial charge on any atom is -0.491 e. The molecule has 10 heteroatoms. The van der Waals surface area contributed by atoms with Crippen molar-refractivity contribution in [1.82, 2.24) is 0 Å². The quantitative estimate of drug-likeness (QED) is 0.358. The molecule has 21 heavy (non-hydrogen) atoms. The van der Waals surface area contributed by atoms with Gasteiger partial charge in [0.1, 0.15) is 24.2 Å². The first-order valence-electron chi connectivity index (χ1n) is 5.62. The second kappa shape index (κ2) is 5.54. The largest absolute Gasteiger partial charge is 0.491 e. The highest BCUT2D eigenvalue weighted by atomic mass is 32.2. The number of halogens is 2. The average molecular weight is 324 g/mol. The summed E-state index contributed by atoms with van der Waals surface area (Å²) in [6, 6.07) is 5.12. The molecule has 1 fully saturated rings. The maximum Gasteiger partial charge on any atom is 0.466 e. The minimum atomic E-state index is -5.90. The van der Waals surface area contributed by atoms with Gasteiger partial charge in [-0.1, -0.05) is 6.07 Å².